The van der Waals surface area contributed by atoms with Crippen LogP contribution in [-0.4, -0.2) is 20.7 Å². The van der Waals surface area contributed by atoms with E-state index in [9.17, 15) is 0 Å². The summed E-state index contributed by atoms with van der Waals surface area (Å²) in [4.78, 5) is 2.42. The van der Waals surface area contributed by atoms with E-state index >= 15 is 0 Å². The summed E-state index contributed by atoms with van der Waals surface area (Å²) in [7, 11) is 0. The average molecular weight is 374 g/mol. The second kappa shape index (κ2) is 6.40. The molecule has 1 fully saturated rings. The van der Waals surface area contributed by atoms with Gasteiger partial charge in [-0.2, -0.15) is 5.10 Å². The minimum atomic E-state index is -0.169. The van der Waals surface area contributed by atoms with E-state index < -0.39 is 0 Å². The fourth-order valence-electron chi connectivity index (χ4n) is 4.05. The number of H-pyrrole nitrogens is 1. The fourth-order valence-corrected chi connectivity index (χ4v) is 4.05. The lowest BCUT2D eigenvalue weighted by atomic mass is 9.92. The first-order chi connectivity index (χ1) is 13.5. The normalized spacial score (nSPS) is 16.2. The minimum absolute atomic E-state index is 0.169. The zero-order valence-corrected chi connectivity index (χ0v) is 16.9. The van der Waals surface area contributed by atoms with Crippen LogP contribution in [0.2, 0.25) is 0 Å². The number of aromatic nitrogens is 2. The highest BCUT2D eigenvalue weighted by Crippen LogP contribution is 2.38. The molecular formula is C24H27N3O. The predicted molar refractivity (Wildman–Crippen MR) is 112 cm³/mol. The van der Waals surface area contributed by atoms with E-state index in [2.05, 4.69) is 72.3 Å². The van der Waals surface area contributed by atoms with E-state index in [1.165, 1.54) is 47.1 Å². The summed E-state index contributed by atoms with van der Waals surface area (Å²) in [5.41, 5.74) is 7.67. The number of rotatable bonds is 3. The van der Waals surface area contributed by atoms with Crippen LogP contribution in [0.5, 0.6) is 0 Å². The second-order valence-corrected chi connectivity index (χ2v) is 8.99. The van der Waals surface area contributed by atoms with Crippen molar-refractivity contribution in [2.75, 3.05) is 0 Å². The molecule has 2 aliphatic rings. The molecule has 1 aliphatic carbocycles. The lowest BCUT2D eigenvalue weighted by Crippen LogP contribution is -2.29. The predicted octanol–water partition coefficient (Wildman–Crippen LogP) is 5.76. The van der Waals surface area contributed by atoms with Gasteiger partial charge in [0.05, 0.1) is 11.7 Å². The highest BCUT2D eigenvalue weighted by Gasteiger charge is 2.29. The van der Waals surface area contributed by atoms with Crippen LogP contribution < -0.4 is 0 Å². The lowest BCUT2D eigenvalue weighted by Gasteiger charge is -2.34. The van der Waals surface area contributed by atoms with Gasteiger partial charge in [-0.15, -0.1) is 0 Å². The maximum absolute atomic E-state index is 6.41. The Balaban J connectivity index is 1.44. The summed E-state index contributed by atoms with van der Waals surface area (Å²) in [6.07, 6.45) is 5.50. The molecule has 2 heterocycles. The molecule has 1 N–H and O–H groups in total. The molecule has 0 amide bonds. The van der Waals surface area contributed by atoms with Crippen molar-refractivity contribution >= 4 is 10.9 Å². The molecule has 1 aliphatic heterocycles. The number of hydrogen-bond acceptors (Lipinski definition) is 3. The molecule has 5 rings (SSSR count). The SMILES string of the molecule is CC(C)(C)OC(=C1CCC1)N1Cc2ccc(-c3ccc4cn[nH]c4c3)cc2C1. The number of ether oxygens (including phenoxy) is 1. The molecule has 0 spiro atoms. The Morgan fingerprint density at radius 3 is 2.50 bits per heavy atom. The van der Waals surface area contributed by atoms with E-state index in [0.29, 0.717) is 0 Å². The average Bonchev–Trinajstić information content (AvgIpc) is 3.23. The molecule has 3 aromatic rings. The molecule has 0 unspecified atom stereocenters. The Bertz CT molecular complexity index is 1060. The maximum atomic E-state index is 6.41. The van der Waals surface area contributed by atoms with Crippen LogP contribution in [0.25, 0.3) is 22.0 Å². The van der Waals surface area contributed by atoms with E-state index in [-0.39, 0.29) is 5.60 Å². The summed E-state index contributed by atoms with van der Waals surface area (Å²) in [6, 6.07) is 13.3. The van der Waals surface area contributed by atoms with Crippen molar-refractivity contribution in [2.45, 2.75) is 58.7 Å². The largest absolute Gasteiger partial charge is 0.473 e. The van der Waals surface area contributed by atoms with Crippen molar-refractivity contribution in [2.24, 2.45) is 0 Å². The third kappa shape index (κ3) is 3.17. The molecule has 144 valence electrons. The minimum Gasteiger partial charge on any atom is -0.473 e. The van der Waals surface area contributed by atoms with Gasteiger partial charge < -0.3 is 9.64 Å². The molecule has 0 saturated heterocycles. The molecule has 0 bridgehead atoms. The van der Waals surface area contributed by atoms with Crippen LogP contribution in [0.3, 0.4) is 0 Å². The zero-order valence-electron chi connectivity index (χ0n) is 16.9. The molecule has 1 aromatic heterocycles. The second-order valence-electron chi connectivity index (χ2n) is 8.99. The van der Waals surface area contributed by atoms with Crippen LogP contribution in [0.4, 0.5) is 0 Å². The summed E-state index contributed by atoms with van der Waals surface area (Å²) in [5, 5.41) is 8.35. The number of hydrogen-bond donors (Lipinski definition) is 1. The van der Waals surface area contributed by atoms with Crippen LogP contribution in [0.15, 0.2) is 54.1 Å². The van der Waals surface area contributed by atoms with Crippen LogP contribution in [0, 0.1) is 0 Å². The molecule has 1 saturated carbocycles. The maximum Gasteiger partial charge on any atom is 0.189 e. The number of aromatic amines is 1. The van der Waals surface area contributed by atoms with Crippen molar-refractivity contribution in [3.63, 3.8) is 0 Å². The third-order valence-electron chi connectivity index (χ3n) is 5.65. The Morgan fingerprint density at radius 1 is 1.00 bits per heavy atom. The van der Waals surface area contributed by atoms with Gasteiger partial charge in [0.25, 0.3) is 0 Å². The van der Waals surface area contributed by atoms with E-state index in [4.69, 9.17) is 4.74 Å². The first-order valence-electron chi connectivity index (χ1n) is 10.2. The van der Waals surface area contributed by atoms with E-state index in [1.54, 1.807) is 0 Å². The van der Waals surface area contributed by atoms with Gasteiger partial charge in [0, 0.05) is 18.5 Å². The van der Waals surface area contributed by atoms with Crippen LogP contribution >= 0.6 is 0 Å². The van der Waals surface area contributed by atoms with Gasteiger partial charge in [-0.1, -0.05) is 24.3 Å². The van der Waals surface area contributed by atoms with Gasteiger partial charge in [0.2, 0.25) is 0 Å². The van der Waals surface area contributed by atoms with Crippen LogP contribution in [-0.2, 0) is 17.8 Å². The summed E-state index contributed by atoms with van der Waals surface area (Å²) >= 11 is 0. The topological polar surface area (TPSA) is 41.1 Å². The quantitative estimate of drug-likeness (QED) is 0.594. The molecule has 2 aromatic carbocycles. The Morgan fingerprint density at radius 2 is 1.75 bits per heavy atom. The monoisotopic (exact) mass is 373 g/mol. The van der Waals surface area contributed by atoms with Gasteiger partial charge in [0.15, 0.2) is 5.88 Å². The first kappa shape index (κ1) is 17.4. The van der Waals surface area contributed by atoms with Gasteiger partial charge >= 0.3 is 0 Å². The van der Waals surface area contributed by atoms with Crippen molar-refractivity contribution in [1.29, 1.82) is 0 Å². The molecule has 0 atom stereocenters. The first-order valence-corrected chi connectivity index (χ1v) is 10.2. The van der Waals surface area contributed by atoms with E-state index in [0.717, 1.165) is 29.9 Å². The van der Waals surface area contributed by atoms with Crippen molar-refractivity contribution < 1.29 is 4.74 Å². The molecule has 28 heavy (non-hydrogen) atoms. The zero-order chi connectivity index (χ0) is 19.3. The van der Waals surface area contributed by atoms with Crippen molar-refractivity contribution in [3.8, 4) is 11.1 Å². The molecule has 0 radical (unpaired) electrons. The standard InChI is InChI=1S/C24H27N3O/c1-24(2,3)28-23(16-5-4-6-16)27-14-20-10-8-17(11-21(20)15-27)18-7-9-19-13-25-26-22(19)12-18/h7-13H,4-6,14-15H2,1-3H3,(H,25,26). The van der Waals surface area contributed by atoms with Crippen LogP contribution in [0.1, 0.15) is 51.2 Å². The van der Waals surface area contributed by atoms with Gasteiger partial charge in [0.1, 0.15) is 5.60 Å². The Kier molecular flexibility index (Phi) is 3.97. The summed E-state index contributed by atoms with van der Waals surface area (Å²) in [6.45, 7) is 8.27. The highest BCUT2D eigenvalue weighted by atomic mass is 16.5. The van der Waals surface area contributed by atoms with Gasteiger partial charge in [-0.25, -0.2) is 0 Å². The van der Waals surface area contributed by atoms with Gasteiger partial charge in [-0.05, 0) is 80.0 Å². The number of nitrogens with one attached hydrogen (secondary N) is 1. The number of benzene rings is 2. The highest BCUT2D eigenvalue weighted by molar-refractivity contribution is 5.83. The van der Waals surface area contributed by atoms with Gasteiger partial charge in [-0.3, -0.25) is 5.10 Å². The molecular weight excluding hydrogens is 346 g/mol. The summed E-state index contributed by atoms with van der Waals surface area (Å²) in [5.74, 6) is 1.12. The fraction of sp³-hybridized carbons (Fsp3) is 0.375. The Labute approximate surface area is 166 Å². The summed E-state index contributed by atoms with van der Waals surface area (Å²) < 4.78 is 6.41. The number of nitrogens with zero attached hydrogens (tertiary/aromatic N) is 2. The molecule has 4 nitrogen and oxygen atoms in total. The number of fused-ring (bicyclic) bond motifs is 2. The van der Waals surface area contributed by atoms with Crippen molar-refractivity contribution in [1.82, 2.24) is 15.1 Å². The third-order valence-corrected chi connectivity index (χ3v) is 5.65. The number of allylic oxidation sites excluding steroid dienone is 1. The van der Waals surface area contributed by atoms with E-state index in [1.807, 2.05) is 6.20 Å². The Hall–Kier alpha value is -2.75. The molecule has 4 heteroatoms. The lowest BCUT2D eigenvalue weighted by molar-refractivity contribution is -0.00475. The smallest absolute Gasteiger partial charge is 0.189 e. The van der Waals surface area contributed by atoms with Crippen molar-refractivity contribution in [3.05, 3.63) is 65.2 Å².